The van der Waals surface area contributed by atoms with E-state index in [9.17, 15) is 9.18 Å². The molecule has 8 heteroatoms. The predicted molar refractivity (Wildman–Crippen MR) is 121 cm³/mol. The van der Waals surface area contributed by atoms with Gasteiger partial charge in [-0.2, -0.15) is 0 Å². The maximum atomic E-state index is 13.4. The summed E-state index contributed by atoms with van der Waals surface area (Å²) in [5.74, 6) is 0.923. The number of aliphatic imine (C=N–C) groups is 1. The van der Waals surface area contributed by atoms with E-state index in [2.05, 4.69) is 25.8 Å². The fourth-order valence-electron chi connectivity index (χ4n) is 3.30. The number of piperazine rings is 1. The Bertz CT molecular complexity index is 888. The second-order valence-corrected chi connectivity index (χ2v) is 7.35. The van der Waals surface area contributed by atoms with E-state index in [0.29, 0.717) is 37.9 Å². The molecule has 7 nitrogen and oxygen atoms in total. The quantitative estimate of drug-likeness (QED) is 0.445. The SMILES string of the molecule is CCC(CNC(=NC)NCc1ccc(N2CCNC(=O)C2)cc1)Oc1cccc(F)c1. The van der Waals surface area contributed by atoms with Crippen LogP contribution in [0.2, 0.25) is 0 Å². The number of nitrogens with one attached hydrogen (secondary N) is 3. The zero-order valence-corrected chi connectivity index (χ0v) is 18.0. The predicted octanol–water partition coefficient (Wildman–Crippen LogP) is 2.28. The van der Waals surface area contributed by atoms with Gasteiger partial charge in [-0.1, -0.05) is 25.1 Å². The lowest BCUT2D eigenvalue weighted by atomic mass is 10.2. The number of rotatable bonds is 8. The van der Waals surface area contributed by atoms with Gasteiger partial charge in [-0.3, -0.25) is 9.79 Å². The Hall–Kier alpha value is -3.29. The average Bonchev–Trinajstić information content (AvgIpc) is 2.78. The van der Waals surface area contributed by atoms with Crippen LogP contribution in [0.1, 0.15) is 18.9 Å². The third-order valence-corrected chi connectivity index (χ3v) is 5.07. The van der Waals surface area contributed by atoms with E-state index in [-0.39, 0.29) is 17.8 Å². The molecule has 1 aliphatic rings. The Morgan fingerprint density at radius 1 is 1.26 bits per heavy atom. The first-order valence-corrected chi connectivity index (χ1v) is 10.5. The van der Waals surface area contributed by atoms with Crippen LogP contribution in [0.4, 0.5) is 10.1 Å². The summed E-state index contributed by atoms with van der Waals surface area (Å²) in [4.78, 5) is 17.9. The van der Waals surface area contributed by atoms with Crippen LogP contribution in [0.25, 0.3) is 0 Å². The van der Waals surface area contributed by atoms with Crippen molar-refractivity contribution in [2.75, 3.05) is 38.1 Å². The number of hydrogen-bond donors (Lipinski definition) is 3. The number of amides is 1. The van der Waals surface area contributed by atoms with Gasteiger partial charge < -0.3 is 25.6 Å². The Morgan fingerprint density at radius 2 is 2.06 bits per heavy atom. The highest BCUT2D eigenvalue weighted by molar-refractivity contribution is 5.82. The molecule has 1 heterocycles. The van der Waals surface area contributed by atoms with Gasteiger partial charge in [0.05, 0.1) is 13.1 Å². The number of halogens is 1. The monoisotopic (exact) mass is 427 g/mol. The lowest BCUT2D eigenvalue weighted by Gasteiger charge is -2.28. The van der Waals surface area contributed by atoms with Gasteiger partial charge in [0.25, 0.3) is 0 Å². The van der Waals surface area contributed by atoms with Gasteiger partial charge >= 0.3 is 0 Å². The molecule has 0 spiro atoms. The number of anilines is 1. The molecule has 2 aromatic rings. The summed E-state index contributed by atoms with van der Waals surface area (Å²) in [6, 6.07) is 14.3. The van der Waals surface area contributed by atoms with Gasteiger partial charge in [0, 0.05) is 38.4 Å². The lowest BCUT2D eigenvalue weighted by molar-refractivity contribution is -0.120. The molecular formula is C23H30FN5O2. The minimum atomic E-state index is -0.313. The van der Waals surface area contributed by atoms with E-state index >= 15 is 0 Å². The zero-order chi connectivity index (χ0) is 22.1. The second kappa shape index (κ2) is 11.2. The number of guanidine groups is 1. The summed E-state index contributed by atoms with van der Waals surface area (Å²) in [6.07, 6.45) is 0.664. The average molecular weight is 428 g/mol. The molecule has 2 aromatic carbocycles. The summed E-state index contributed by atoms with van der Waals surface area (Å²) < 4.78 is 19.2. The standard InChI is InChI=1S/C23H30FN5O2/c1-3-20(31-21-6-4-5-18(24)13-21)15-28-23(25-2)27-14-17-7-9-19(10-8-17)29-12-11-26-22(30)16-29/h4-10,13,20H,3,11-12,14-16H2,1-2H3,(H,26,30)(H2,25,27,28). The van der Waals surface area contributed by atoms with E-state index in [1.165, 1.54) is 12.1 Å². The van der Waals surface area contributed by atoms with Crippen LogP contribution in [-0.2, 0) is 11.3 Å². The van der Waals surface area contributed by atoms with Crippen LogP contribution < -0.4 is 25.6 Å². The molecule has 1 atom stereocenters. The van der Waals surface area contributed by atoms with Crippen molar-refractivity contribution in [3.05, 3.63) is 59.9 Å². The maximum absolute atomic E-state index is 13.4. The minimum absolute atomic E-state index is 0.0543. The molecule has 3 rings (SSSR count). The number of hydrogen-bond acceptors (Lipinski definition) is 4. The van der Waals surface area contributed by atoms with Crippen LogP contribution >= 0.6 is 0 Å². The van der Waals surface area contributed by atoms with Crippen molar-refractivity contribution >= 4 is 17.6 Å². The normalized spacial score (nSPS) is 15.3. The van der Waals surface area contributed by atoms with Crippen LogP contribution in [0.3, 0.4) is 0 Å². The summed E-state index contributed by atoms with van der Waals surface area (Å²) in [5.41, 5.74) is 2.15. The number of benzene rings is 2. The summed E-state index contributed by atoms with van der Waals surface area (Å²) in [6.45, 7) is 5.06. The van der Waals surface area contributed by atoms with E-state index in [1.54, 1.807) is 19.2 Å². The first-order valence-electron chi connectivity index (χ1n) is 10.5. The summed E-state index contributed by atoms with van der Waals surface area (Å²) in [7, 11) is 1.72. The van der Waals surface area contributed by atoms with Crippen molar-refractivity contribution in [2.45, 2.75) is 26.0 Å². The highest BCUT2D eigenvalue weighted by Gasteiger charge is 2.16. The second-order valence-electron chi connectivity index (χ2n) is 7.35. The Balaban J connectivity index is 1.46. The summed E-state index contributed by atoms with van der Waals surface area (Å²) in [5, 5.41) is 9.39. The molecule has 1 amide bonds. The van der Waals surface area contributed by atoms with Crippen molar-refractivity contribution in [3.8, 4) is 5.75 Å². The first kappa shape index (κ1) is 22.4. The maximum Gasteiger partial charge on any atom is 0.239 e. The van der Waals surface area contributed by atoms with E-state index in [1.807, 2.05) is 31.2 Å². The topological polar surface area (TPSA) is 78.0 Å². The minimum Gasteiger partial charge on any atom is -0.489 e. The first-order chi connectivity index (χ1) is 15.1. The lowest BCUT2D eigenvalue weighted by Crippen LogP contribution is -2.47. The van der Waals surface area contributed by atoms with Gasteiger partial charge in [0.15, 0.2) is 5.96 Å². The smallest absolute Gasteiger partial charge is 0.239 e. The molecule has 0 radical (unpaired) electrons. The van der Waals surface area contributed by atoms with E-state index in [4.69, 9.17) is 4.74 Å². The highest BCUT2D eigenvalue weighted by Crippen LogP contribution is 2.16. The third kappa shape index (κ3) is 6.87. The summed E-state index contributed by atoms with van der Waals surface area (Å²) >= 11 is 0. The fraction of sp³-hybridized carbons (Fsp3) is 0.391. The number of ether oxygens (including phenoxy) is 1. The molecule has 0 bridgehead atoms. The van der Waals surface area contributed by atoms with Crippen molar-refractivity contribution in [3.63, 3.8) is 0 Å². The van der Waals surface area contributed by atoms with Crippen LogP contribution in [-0.4, -0.2) is 51.2 Å². The molecule has 3 N–H and O–H groups in total. The fourth-order valence-corrected chi connectivity index (χ4v) is 3.30. The third-order valence-electron chi connectivity index (χ3n) is 5.07. The zero-order valence-electron chi connectivity index (χ0n) is 18.0. The molecule has 1 aliphatic heterocycles. The molecule has 1 unspecified atom stereocenters. The molecule has 0 saturated carbocycles. The molecule has 1 saturated heterocycles. The largest absolute Gasteiger partial charge is 0.489 e. The Morgan fingerprint density at radius 3 is 2.74 bits per heavy atom. The highest BCUT2D eigenvalue weighted by atomic mass is 19.1. The molecule has 166 valence electrons. The van der Waals surface area contributed by atoms with Crippen molar-refractivity contribution in [1.82, 2.24) is 16.0 Å². The van der Waals surface area contributed by atoms with Gasteiger partial charge in [-0.25, -0.2) is 4.39 Å². The van der Waals surface area contributed by atoms with Crippen molar-refractivity contribution in [1.29, 1.82) is 0 Å². The van der Waals surface area contributed by atoms with Gasteiger partial charge in [0.2, 0.25) is 5.91 Å². The molecule has 1 fully saturated rings. The van der Waals surface area contributed by atoms with Crippen LogP contribution in [0.5, 0.6) is 5.75 Å². The van der Waals surface area contributed by atoms with E-state index < -0.39 is 0 Å². The van der Waals surface area contributed by atoms with Gasteiger partial charge in [0.1, 0.15) is 17.7 Å². The Labute approximate surface area is 182 Å². The van der Waals surface area contributed by atoms with Gasteiger partial charge in [-0.15, -0.1) is 0 Å². The van der Waals surface area contributed by atoms with Gasteiger partial charge in [-0.05, 0) is 36.2 Å². The van der Waals surface area contributed by atoms with Crippen LogP contribution in [0, 0.1) is 5.82 Å². The molecular weight excluding hydrogens is 397 g/mol. The Kier molecular flexibility index (Phi) is 8.09. The number of carbonyl (C=O) groups is 1. The van der Waals surface area contributed by atoms with Crippen LogP contribution in [0.15, 0.2) is 53.5 Å². The van der Waals surface area contributed by atoms with Crippen molar-refractivity contribution < 1.29 is 13.9 Å². The van der Waals surface area contributed by atoms with E-state index in [0.717, 1.165) is 24.2 Å². The number of carbonyl (C=O) groups excluding carboxylic acids is 1. The van der Waals surface area contributed by atoms with Crippen molar-refractivity contribution in [2.24, 2.45) is 4.99 Å². The molecule has 0 aromatic heterocycles. The molecule has 0 aliphatic carbocycles. The number of nitrogens with zero attached hydrogens (tertiary/aromatic N) is 2. The molecule has 31 heavy (non-hydrogen) atoms.